The number of ether oxygens (including phenoxy) is 4. The van der Waals surface area contributed by atoms with E-state index in [2.05, 4.69) is 0 Å². The molecule has 1 aromatic rings. The maximum Gasteiger partial charge on any atom is 1.00 e. The van der Waals surface area contributed by atoms with Crippen molar-refractivity contribution >= 4 is 5.97 Å². The van der Waals surface area contributed by atoms with Crippen molar-refractivity contribution < 1.29 is 95.6 Å². The van der Waals surface area contributed by atoms with Crippen LogP contribution in [-0.2, 0) is 18.9 Å². The molecule has 0 aromatic heterocycles. The third-order valence-corrected chi connectivity index (χ3v) is 5.39. The molecule has 0 spiro atoms. The Balaban J connectivity index is 0.00000289. The second-order valence-electron chi connectivity index (χ2n) is 7.49. The van der Waals surface area contributed by atoms with Gasteiger partial charge in [0.1, 0.15) is 67.3 Å². The van der Waals surface area contributed by atoms with Crippen molar-refractivity contribution in [2.24, 2.45) is 0 Å². The minimum absolute atomic E-state index is 0. The van der Waals surface area contributed by atoms with Gasteiger partial charge < -0.3 is 61.2 Å². The second-order valence-corrected chi connectivity index (χ2v) is 7.49. The zero-order valence-corrected chi connectivity index (χ0v) is 19.7. The fourth-order valence-corrected chi connectivity index (χ4v) is 3.50. The monoisotopic (exact) mass is 486 g/mol. The van der Waals surface area contributed by atoms with E-state index in [-0.39, 0.29) is 42.3 Å². The van der Waals surface area contributed by atoms with Crippen LogP contribution in [0.15, 0.2) is 24.3 Å². The Labute approximate surface area is 211 Å². The first-order chi connectivity index (χ1) is 15.1. The van der Waals surface area contributed by atoms with Gasteiger partial charge in [0.05, 0.1) is 6.61 Å². The molecule has 0 aliphatic carbocycles. The van der Waals surface area contributed by atoms with E-state index in [9.17, 15) is 45.6 Å². The number of benzene rings is 1. The predicted octanol–water partition coefficient (Wildman–Crippen LogP) is -6.71. The third-order valence-electron chi connectivity index (χ3n) is 5.39. The summed E-state index contributed by atoms with van der Waals surface area (Å²) in [5, 5.41) is 79.4. The van der Waals surface area contributed by atoms with Crippen LogP contribution in [0.5, 0.6) is 5.75 Å². The number of phenols is 1. The van der Waals surface area contributed by atoms with Crippen LogP contribution in [0.25, 0.3) is 0 Å². The van der Waals surface area contributed by atoms with Gasteiger partial charge in [0, 0.05) is 0 Å². The Hall–Kier alpha value is -0.910. The zero-order valence-electron chi connectivity index (χ0n) is 18.7. The van der Waals surface area contributed by atoms with Gasteiger partial charge in [-0.1, -0.05) is 12.1 Å². The molecule has 182 valence electrons. The Bertz CT molecular complexity index is 803. The molecule has 2 aliphatic heterocycles. The van der Waals surface area contributed by atoms with Gasteiger partial charge in [-0.05, 0) is 12.1 Å². The number of rotatable bonds is 7. The van der Waals surface area contributed by atoms with Crippen molar-refractivity contribution in [2.75, 3.05) is 19.8 Å². The molecule has 33 heavy (non-hydrogen) atoms. The first-order valence-corrected chi connectivity index (χ1v) is 9.73. The van der Waals surface area contributed by atoms with E-state index in [1.54, 1.807) is 0 Å². The van der Waals surface area contributed by atoms with Crippen LogP contribution in [0, 0.1) is 0 Å². The number of aliphatic hydroxyl groups excluding tert-OH is 7. The molecular weight excluding hydrogens is 459 g/mol. The van der Waals surface area contributed by atoms with Gasteiger partial charge >= 0.3 is 35.5 Å². The van der Waals surface area contributed by atoms with Crippen molar-refractivity contribution in [1.29, 1.82) is 0 Å². The molecule has 9 atom stereocenters. The molecule has 0 bridgehead atoms. The number of carbonyl (C=O) groups excluding carboxylic acids is 1. The van der Waals surface area contributed by atoms with E-state index < -0.39 is 80.6 Å². The fourth-order valence-electron chi connectivity index (χ4n) is 3.50. The maximum absolute atomic E-state index is 12.2. The molecule has 2 saturated heterocycles. The summed E-state index contributed by atoms with van der Waals surface area (Å²) >= 11 is 0. The molecule has 8 N–H and O–H groups in total. The van der Waals surface area contributed by atoms with E-state index in [0.29, 0.717) is 0 Å². The van der Waals surface area contributed by atoms with Crippen LogP contribution < -0.4 is 29.6 Å². The molecule has 0 unspecified atom stereocenters. The number of esters is 1. The standard InChI is InChI=1S/C19H26O13.Na.H/c20-5-10-13(24)16(27)19(7-21,31-10)32-18-15(26)14(25)12(23)11(30-18)6-29-17(28)8-3-1-2-4-9(8)22;;/h1-4,10-16,18,20-27H,5-7H2;;/q;+1;-1/t10-,11-,12-,13-,14+,15-,16+,18-,19+;;/m1../s1. The summed E-state index contributed by atoms with van der Waals surface area (Å²) in [5.74, 6) is -3.61. The number of hydrogen-bond donors (Lipinski definition) is 8. The second kappa shape index (κ2) is 11.7. The van der Waals surface area contributed by atoms with Gasteiger partial charge in [-0.2, -0.15) is 0 Å². The van der Waals surface area contributed by atoms with E-state index in [1.165, 1.54) is 24.3 Å². The molecule has 0 radical (unpaired) electrons. The largest absolute Gasteiger partial charge is 1.00 e. The minimum Gasteiger partial charge on any atom is -1.00 e. The van der Waals surface area contributed by atoms with Gasteiger partial charge in [-0.25, -0.2) is 4.79 Å². The van der Waals surface area contributed by atoms with E-state index in [0.717, 1.165) is 0 Å². The summed E-state index contributed by atoms with van der Waals surface area (Å²) < 4.78 is 21.0. The number of aromatic hydroxyl groups is 1. The van der Waals surface area contributed by atoms with Crippen molar-refractivity contribution in [3.05, 3.63) is 29.8 Å². The molecule has 3 rings (SSSR count). The van der Waals surface area contributed by atoms with Crippen LogP contribution >= 0.6 is 0 Å². The fraction of sp³-hybridized carbons (Fsp3) is 0.632. The number of hydrogen-bond acceptors (Lipinski definition) is 13. The van der Waals surface area contributed by atoms with Crippen LogP contribution in [0.4, 0.5) is 0 Å². The smallest absolute Gasteiger partial charge is 1.00 e. The number of aliphatic hydroxyl groups is 7. The number of para-hydroxylation sites is 1. The first kappa shape index (κ1) is 28.3. The van der Waals surface area contributed by atoms with Crippen LogP contribution in [0.2, 0.25) is 0 Å². The van der Waals surface area contributed by atoms with Gasteiger partial charge in [0.15, 0.2) is 6.29 Å². The molecule has 1 aromatic carbocycles. The average molecular weight is 486 g/mol. The summed E-state index contributed by atoms with van der Waals surface area (Å²) in [6, 6.07) is 5.55. The minimum atomic E-state index is -2.32. The van der Waals surface area contributed by atoms with Crippen molar-refractivity contribution in [1.82, 2.24) is 0 Å². The molecule has 14 heteroatoms. The van der Waals surface area contributed by atoms with Crippen molar-refractivity contribution in [2.45, 2.75) is 54.8 Å². The first-order valence-electron chi connectivity index (χ1n) is 9.73. The van der Waals surface area contributed by atoms with E-state index in [1.807, 2.05) is 0 Å². The Morgan fingerprint density at radius 1 is 1.00 bits per heavy atom. The summed E-state index contributed by atoms with van der Waals surface area (Å²) in [6.45, 7) is -2.38. The molecule has 2 fully saturated rings. The summed E-state index contributed by atoms with van der Waals surface area (Å²) in [7, 11) is 0. The Morgan fingerprint density at radius 2 is 1.67 bits per heavy atom. The molecule has 0 saturated carbocycles. The molecule has 13 nitrogen and oxygen atoms in total. The van der Waals surface area contributed by atoms with Gasteiger partial charge in [0.2, 0.25) is 5.79 Å². The maximum atomic E-state index is 12.2. The van der Waals surface area contributed by atoms with Crippen LogP contribution in [0.3, 0.4) is 0 Å². The summed E-state index contributed by atoms with van der Waals surface area (Å²) in [6.07, 6.45) is -13.5. The average Bonchev–Trinajstić information content (AvgIpc) is 3.03. The third kappa shape index (κ3) is 5.67. The normalized spacial score (nSPS) is 38.5. The summed E-state index contributed by atoms with van der Waals surface area (Å²) in [5.41, 5.74) is -0.156. The molecule has 2 aliphatic rings. The summed E-state index contributed by atoms with van der Waals surface area (Å²) in [4.78, 5) is 12.2. The molecule has 2 heterocycles. The Morgan fingerprint density at radius 3 is 2.24 bits per heavy atom. The Kier molecular flexibility index (Phi) is 10.0. The predicted molar refractivity (Wildman–Crippen MR) is 101 cm³/mol. The topological polar surface area (TPSA) is 216 Å². The van der Waals surface area contributed by atoms with E-state index >= 15 is 0 Å². The van der Waals surface area contributed by atoms with Crippen LogP contribution in [-0.4, -0.2) is 121 Å². The number of phenolic OH excluding ortho intramolecular Hbond substituents is 1. The number of carbonyl (C=O) groups is 1. The molecular formula is C19H27NaO13. The van der Waals surface area contributed by atoms with Crippen LogP contribution in [0.1, 0.15) is 11.8 Å². The quantitative estimate of drug-likeness (QED) is 0.133. The zero-order chi connectivity index (χ0) is 23.6. The van der Waals surface area contributed by atoms with Gasteiger partial charge in [-0.15, -0.1) is 0 Å². The van der Waals surface area contributed by atoms with E-state index in [4.69, 9.17) is 18.9 Å². The van der Waals surface area contributed by atoms with Crippen molar-refractivity contribution in [3.8, 4) is 5.75 Å². The van der Waals surface area contributed by atoms with Gasteiger partial charge in [0.25, 0.3) is 0 Å². The van der Waals surface area contributed by atoms with Gasteiger partial charge in [-0.3, -0.25) is 0 Å². The molecule has 0 amide bonds. The SMILES string of the molecule is O=C(OC[C@H]1O[C@H](O[C@]2(CO)O[C@H](CO)[C@@H](O)[C@@H]2O)[C@H](O)[C@@H](O)[C@@H]1O)c1ccccc1O.[H-].[Na+]. The van der Waals surface area contributed by atoms with Crippen molar-refractivity contribution in [3.63, 3.8) is 0 Å².